The Labute approximate surface area is 157 Å². The fourth-order valence-electron chi connectivity index (χ4n) is 4.30. The van der Waals surface area contributed by atoms with Crippen LogP contribution >= 0.6 is 0 Å². The van der Waals surface area contributed by atoms with Gasteiger partial charge in [0.1, 0.15) is 11.6 Å². The number of rotatable bonds is 5. The lowest BCUT2D eigenvalue weighted by Crippen LogP contribution is -2.65. The summed E-state index contributed by atoms with van der Waals surface area (Å²) in [5.74, 6) is -0.829. The summed E-state index contributed by atoms with van der Waals surface area (Å²) in [7, 11) is 1.82. The van der Waals surface area contributed by atoms with Crippen molar-refractivity contribution in [2.45, 2.75) is 37.6 Å². The Hall–Kier alpha value is -2.29. The Morgan fingerprint density at radius 2 is 2.07 bits per heavy atom. The zero-order chi connectivity index (χ0) is 19.2. The van der Waals surface area contributed by atoms with Crippen LogP contribution in [0.5, 0.6) is 0 Å². The lowest BCUT2D eigenvalue weighted by molar-refractivity contribution is -0.136. The predicted octanol–water partition coefficient (Wildman–Crippen LogP) is -0.786. The third kappa shape index (κ3) is 3.36. The minimum Gasteiger partial charge on any atom is -0.386 e. The molecule has 0 aliphatic carbocycles. The van der Waals surface area contributed by atoms with E-state index >= 15 is 0 Å². The van der Waals surface area contributed by atoms with Gasteiger partial charge in [-0.15, -0.1) is 0 Å². The molecule has 1 aromatic carbocycles. The Kier molecular flexibility index (Phi) is 4.49. The third-order valence-electron chi connectivity index (χ3n) is 5.54. The summed E-state index contributed by atoms with van der Waals surface area (Å²) in [5, 5.41) is 15.6. The molecule has 1 atom stereocenters. The Morgan fingerprint density at radius 3 is 2.78 bits per heavy atom. The number of β-amino-alcohol motifs (C(OH)–C–C–N with tert-alkyl or cyclic N) is 1. The Balaban J connectivity index is 1.43. The molecule has 1 aromatic rings. The number of fused-ring (bicyclic) bond motifs is 1. The van der Waals surface area contributed by atoms with Crippen LogP contribution in [0.1, 0.15) is 34.3 Å². The smallest absolute Gasteiger partial charge is 0.255 e. The fraction of sp³-hybridized carbons (Fsp3) is 0.526. The molecule has 0 aromatic heterocycles. The van der Waals surface area contributed by atoms with Gasteiger partial charge in [0.25, 0.3) is 5.91 Å². The summed E-state index contributed by atoms with van der Waals surface area (Å²) < 4.78 is 0. The van der Waals surface area contributed by atoms with Crippen molar-refractivity contribution in [1.82, 2.24) is 20.4 Å². The number of carbonyl (C=O) groups excluding carboxylic acids is 3. The number of likely N-dealkylation sites (N-methyl/N-ethyl adjacent to an activating group) is 1. The molecule has 27 heavy (non-hydrogen) atoms. The molecule has 0 spiro atoms. The number of benzene rings is 1. The number of nitrogens with zero attached hydrogens (tertiary/aromatic N) is 2. The second-order valence-electron chi connectivity index (χ2n) is 7.79. The van der Waals surface area contributed by atoms with E-state index in [0.29, 0.717) is 44.7 Å². The van der Waals surface area contributed by atoms with Crippen molar-refractivity contribution < 1.29 is 19.5 Å². The van der Waals surface area contributed by atoms with E-state index in [9.17, 15) is 19.5 Å². The van der Waals surface area contributed by atoms with Gasteiger partial charge >= 0.3 is 0 Å². The van der Waals surface area contributed by atoms with Gasteiger partial charge < -0.3 is 15.3 Å². The van der Waals surface area contributed by atoms with E-state index in [0.717, 1.165) is 11.1 Å². The van der Waals surface area contributed by atoms with Gasteiger partial charge in [0.2, 0.25) is 11.8 Å². The molecule has 3 aliphatic heterocycles. The zero-order valence-electron chi connectivity index (χ0n) is 15.3. The summed E-state index contributed by atoms with van der Waals surface area (Å²) in [4.78, 5) is 40.0. The molecule has 0 saturated carbocycles. The molecule has 2 fully saturated rings. The van der Waals surface area contributed by atoms with Crippen LogP contribution in [0.4, 0.5) is 0 Å². The first-order valence-electron chi connectivity index (χ1n) is 9.24. The summed E-state index contributed by atoms with van der Waals surface area (Å²) in [6.45, 7) is 2.83. The minimum absolute atomic E-state index is 0.156. The minimum atomic E-state index is -0.677. The lowest BCUT2D eigenvalue weighted by atomic mass is 9.93. The fourth-order valence-corrected chi connectivity index (χ4v) is 4.30. The van der Waals surface area contributed by atoms with E-state index < -0.39 is 17.6 Å². The number of nitrogens with one attached hydrogen (secondary N) is 2. The van der Waals surface area contributed by atoms with E-state index in [1.54, 1.807) is 4.90 Å². The first kappa shape index (κ1) is 18.1. The molecule has 4 rings (SSSR count). The van der Waals surface area contributed by atoms with E-state index in [2.05, 4.69) is 15.5 Å². The van der Waals surface area contributed by atoms with Crippen LogP contribution in [-0.4, -0.2) is 71.0 Å². The number of carbonyl (C=O) groups is 3. The molecule has 3 amide bonds. The van der Waals surface area contributed by atoms with Gasteiger partial charge in [-0.3, -0.25) is 24.6 Å². The molecule has 3 N–H and O–H groups in total. The molecule has 3 heterocycles. The van der Waals surface area contributed by atoms with Crippen LogP contribution < -0.4 is 10.6 Å². The number of likely N-dealkylation sites (tertiary alicyclic amines) is 1. The number of hydrogen-bond acceptors (Lipinski definition) is 6. The normalized spacial score (nSPS) is 24.6. The largest absolute Gasteiger partial charge is 0.386 e. The number of piperidine rings is 1. The van der Waals surface area contributed by atoms with E-state index in [1.165, 1.54) is 0 Å². The summed E-state index contributed by atoms with van der Waals surface area (Å²) >= 11 is 0. The van der Waals surface area contributed by atoms with Gasteiger partial charge in [-0.25, -0.2) is 0 Å². The van der Waals surface area contributed by atoms with Crippen LogP contribution in [0.25, 0.3) is 0 Å². The second kappa shape index (κ2) is 6.70. The third-order valence-corrected chi connectivity index (χ3v) is 5.54. The van der Waals surface area contributed by atoms with Gasteiger partial charge in [0.15, 0.2) is 0 Å². The molecule has 144 valence electrons. The number of amides is 3. The molecule has 8 nitrogen and oxygen atoms in total. The van der Waals surface area contributed by atoms with Crippen LogP contribution in [0.3, 0.4) is 0 Å². The quantitative estimate of drug-likeness (QED) is 0.586. The molecule has 2 saturated heterocycles. The van der Waals surface area contributed by atoms with Gasteiger partial charge in [-0.05, 0) is 30.7 Å². The summed E-state index contributed by atoms with van der Waals surface area (Å²) in [5.41, 5.74) is 1.87. The van der Waals surface area contributed by atoms with E-state index in [-0.39, 0.29) is 18.2 Å². The first-order valence-corrected chi connectivity index (χ1v) is 9.24. The second-order valence-corrected chi connectivity index (χ2v) is 7.79. The van der Waals surface area contributed by atoms with Gasteiger partial charge in [0.05, 0.1) is 0 Å². The van der Waals surface area contributed by atoms with Crippen LogP contribution in [-0.2, 0) is 22.7 Å². The average Bonchev–Trinajstić information content (AvgIpc) is 2.90. The molecule has 3 aliphatic rings. The highest BCUT2D eigenvalue weighted by Crippen LogP contribution is 2.29. The topological polar surface area (TPSA) is 102 Å². The maximum Gasteiger partial charge on any atom is 0.255 e. The van der Waals surface area contributed by atoms with Crippen molar-refractivity contribution in [3.63, 3.8) is 0 Å². The number of hydrogen-bond donors (Lipinski definition) is 3. The van der Waals surface area contributed by atoms with Gasteiger partial charge in [-0.2, -0.15) is 0 Å². The van der Waals surface area contributed by atoms with Crippen molar-refractivity contribution in [3.05, 3.63) is 34.9 Å². The van der Waals surface area contributed by atoms with Crippen molar-refractivity contribution in [3.8, 4) is 0 Å². The molecule has 8 heteroatoms. The lowest BCUT2D eigenvalue weighted by Gasteiger charge is -2.46. The van der Waals surface area contributed by atoms with E-state index in [4.69, 9.17) is 0 Å². The van der Waals surface area contributed by atoms with Crippen molar-refractivity contribution >= 4 is 17.7 Å². The highest BCUT2D eigenvalue weighted by atomic mass is 16.3. The standard InChI is InChI=1S/C19H24N4O4/c1-20-9-19(27)10-22(11-19)7-12-2-3-13-8-23(18(26)14(13)6-12)15-4-5-16(24)21-17(15)25/h2-3,6,15,20,27H,4-5,7-11H2,1H3,(H,21,24,25). The first-order chi connectivity index (χ1) is 12.9. The predicted molar refractivity (Wildman–Crippen MR) is 96.6 cm³/mol. The van der Waals surface area contributed by atoms with E-state index in [1.807, 2.05) is 25.2 Å². The van der Waals surface area contributed by atoms with Crippen molar-refractivity contribution in [1.29, 1.82) is 0 Å². The molecular weight excluding hydrogens is 348 g/mol. The maximum atomic E-state index is 12.8. The summed E-state index contributed by atoms with van der Waals surface area (Å²) in [6.07, 6.45) is 0.626. The van der Waals surface area contributed by atoms with Gasteiger partial charge in [0, 0.05) is 44.7 Å². The van der Waals surface area contributed by atoms with Crippen molar-refractivity contribution in [2.75, 3.05) is 26.7 Å². The Morgan fingerprint density at radius 1 is 1.30 bits per heavy atom. The molecule has 0 radical (unpaired) electrons. The van der Waals surface area contributed by atoms with Gasteiger partial charge in [-0.1, -0.05) is 12.1 Å². The molecular formula is C19H24N4O4. The van der Waals surface area contributed by atoms with Crippen LogP contribution in [0.15, 0.2) is 18.2 Å². The maximum absolute atomic E-state index is 12.8. The van der Waals surface area contributed by atoms with Crippen LogP contribution in [0.2, 0.25) is 0 Å². The molecule has 1 unspecified atom stereocenters. The Bertz CT molecular complexity index is 803. The average molecular weight is 372 g/mol. The number of aliphatic hydroxyl groups is 1. The van der Waals surface area contributed by atoms with Crippen LogP contribution in [0, 0.1) is 0 Å². The highest BCUT2D eigenvalue weighted by Gasteiger charge is 2.41. The SMILES string of the molecule is CNCC1(O)CN(Cc2ccc3c(c2)C(=O)N(C2CCC(=O)NC2=O)C3)C1. The van der Waals surface area contributed by atoms with Crippen molar-refractivity contribution in [2.24, 2.45) is 0 Å². The summed E-state index contributed by atoms with van der Waals surface area (Å²) in [6, 6.07) is 5.24. The highest BCUT2D eigenvalue weighted by molar-refractivity contribution is 6.05. The zero-order valence-corrected chi connectivity index (χ0v) is 15.3. The monoisotopic (exact) mass is 372 g/mol. The molecule has 0 bridgehead atoms. The number of imide groups is 1.